The number of amides is 2. The summed E-state index contributed by atoms with van der Waals surface area (Å²) in [6, 6.07) is 14.1. The Morgan fingerprint density at radius 2 is 1.70 bits per heavy atom. The van der Waals surface area contributed by atoms with Gasteiger partial charge in [0.2, 0.25) is 0 Å². The minimum absolute atomic E-state index is 0.112. The van der Waals surface area contributed by atoms with Crippen LogP contribution >= 0.6 is 0 Å². The largest absolute Gasteiger partial charge is 0.493 e. The van der Waals surface area contributed by atoms with Gasteiger partial charge in [-0.25, -0.2) is 0 Å². The zero-order valence-electron chi connectivity index (χ0n) is 16.2. The Kier molecular flexibility index (Phi) is 7.86. The van der Waals surface area contributed by atoms with Crippen molar-refractivity contribution in [2.75, 3.05) is 18.5 Å². The first-order valence-corrected chi connectivity index (χ1v) is 9.42. The molecule has 2 aromatic carbocycles. The Balaban J connectivity index is 2.01. The van der Waals surface area contributed by atoms with Crippen molar-refractivity contribution in [3.8, 4) is 5.75 Å². The van der Waals surface area contributed by atoms with Crippen LogP contribution in [-0.2, 0) is 0 Å². The van der Waals surface area contributed by atoms with E-state index in [9.17, 15) is 9.59 Å². The van der Waals surface area contributed by atoms with Crippen molar-refractivity contribution in [1.82, 2.24) is 5.32 Å². The summed E-state index contributed by atoms with van der Waals surface area (Å²) in [5.74, 6) is 0.766. The molecule has 0 aliphatic heterocycles. The van der Waals surface area contributed by atoms with Crippen LogP contribution in [0.25, 0.3) is 0 Å². The molecule has 0 radical (unpaired) electrons. The Morgan fingerprint density at radius 3 is 2.37 bits per heavy atom. The summed E-state index contributed by atoms with van der Waals surface area (Å²) in [6.07, 6.45) is 1.82. The fourth-order valence-electron chi connectivity index (χ4n) is 2.43. The lowest BCUT2D eigenvalue weighted by molar-refractivity contribution is 0.0953. The average Bonchev–Trinajstić information content (AvgIpc) is 2.66. The average molecular weight is 368 g/mol. The van der Waals surface area contributed by atoms with Crippen molar-refractivity contribution in [1.29, 1.82) is 0 Å². The molecule has 0 aliphatic rings. The molecule has 0 aliphatic carbocycles. The van der Waals surface area contributed by atoms with Gasteiger partial charge in [-0.2, -0.15) is 0 Å². The third-order valence-electron chi connectivity index (χ3n) is 4.02. The zero-order valence-corrected chi connectivity index (χ0v) is 16.2. The van der Waals surface area contributed by atoms with Crippen LogP contribution < -0.4 is 15.4 Å². The third kappa shape index (κ3) is 6.44. The molecule has 0 heterocycles. The number of rotatable bonds is 9. The molecular formula is C22H28N2O3. The van der Waals surface area contributed by atoms with Crippen molar-refractivity contribution >= 4 is 17.5 Å². The first kappa shape index (κ1) is 20.5. The molecule has 0 fully saturated rings. The van der Waals surface area contributed by atoms with Crippen molar-refractivity contribution in [3.63, 3.8) is 0 Å². The van der Waals surface area contributed by atoms with Crippen molar-refractivity contribution in [3.05, 3.63) is 59.7 Å². The predicted molar refractivity (Wildman–Crippen MR) is 108 cm³/mol. The van der Waals surface area contributed by atoms with E-state index in [-0.39, 0.29) is 11.8 Å². The van der Waals surface area contributed by atoms with Crippen LogP contribution in [0.15, 0.2) is 48.5 Å². The number of benzene rings is 2. The summed E-state index contributed by atoms with van der Waals surface area (Å²) in [5.41, 5.74) is 1.69. The molecule has 0 spiro atoms. The number of nitrogens with one attached hydrogen (secondary N) is 2. The van der Waals surface area contributed by atoms with Crippen molar-refractivity contribution in [2.45, 2.75) is 33.6 Å². The number of carbonyl (C=O) groups is 2. The number of hydrogen-bond acceptors (Lipinski definition) is 3. The van der Waals surface area contributed by atoms with E-state index in [0.717, 1.165) is 12.8 Å². The molecule has 2 amide bonds. The summed E-state index contributed by atoms with van der Waals surface area (Å²) in [5, 5.41) is 5.68. The maximum atomic E-state index is 12.6. The number of ether oxygens (including phenoxy) is 1. The van der Waals surface area contributed by atoms with Gasteiger partial charge in [-0.3, -0.25) is 9.59 Å². The Morgan fingerprint density at radius 1 is 1.00 bits per heavy atom. The summed E-state index contributed by atoms with van der Waals surface area (Å²) in [6.45, 7) is 7.49. The monoisotopic (exact) mass is 368 g/mol. The van der Waals surface area contributed by atoms with E-state index in [0.29, 0.717) is 41.6 Å². The van der Waals surface area contributed by atoms with E-state index in [1.54, 1.807) is 36.4 Å². The van der Waals surface area contributed by atoms with Gasteiger partial charge in [0.05, 0.1) is 12.2 Å². The lowest BCUT2D eigenvalue weighted by atomic mass is 10.1. The van der Waals surface area contributed by atoms with E-state index in [1.807, 2.05) is 19.1 Å². The molecule has 144 valence electrons. The van der Waals surface area contributed by atoms with Crippen LogP contribution in [0.1, 0.15) is 54.3 Å². The summed E-state index contributed by atoms with van der Waals surface area (Å²) >= 11 is 0. The van der Waals surface area contributed by atoms with Gasteiger partial charge in [0.25, 0.3) is 11.8 Å². The van der Waals surface area contributed by atoms with Gasteiger partial charge in [0, 0.05) is 17.8 Å². The topological polar surface area (TPSA) is 67.4 Å². The highest BCUT2D eigenvalue weighted by atomic mass is 16.5. The van der Waals surface area contributed by atoms with Crippen molar-refractivity contribution < 1.29 is 14.3 Å². The van der Waals surface area contributed by atoms with Gasteiger partial charge >= 0.3 is 0 Å². The molecule has 0 saturated heterocycles. The number of hydrogen-bond donors (Lipinski definition) is 2. The maximum Gasteiger partial charge on any atom is 0.259 e. The van der Waals surface area contributed by atoms with E-state index in [1.165, 1.54) is 0 Å². The molecular weight excluding hydrogens is 340 g/mol. The number of carbonyl (C=O) groups excluding carboxylic acids is 2. The first-order chi connectivity index (χ1) is 13.0. The number of anilines is 1. The second kappa shape index (κ2) is 10.4. The van der Waals surface area contributed by atoms with Crippen LogP contribution in [-0.4, -0.2) is 25.0 Å². The van der Waals surface area contributed by atoms with Gasteiger partial charge in [0.1, 0.15) is 5.75 Å². The standard InChI is InChI=1S/C22H28N2O3/c1-4-14-23-21(25)17-9-11-18(12-10-17)24-22(26)19-7-5-6-8-20(19)27-15-13-16(2)3/h5-12,16H,4,13-15H2,1-3H3,(H,23,25)(H,24,26). The predicted octanol–water partition coefficient (Wildman–Crippen LogP) is 4.50. The highest BCUT2D eigenvalue weighted by Crippen LogP contribution is 2.20. The van der Waals surface area contributed by atoms with Gasteiger partial charge in [-0.05, 0) is 55.2 Å². The Bertz CT molecular complexity index is 754. The second-order valence-electron chi connectivity index (χ2n) is 6.81. The number of para-hydroxylation sites is 1. The summed E-state index contributed by atoms with van der Waals surface area (Å²) in [7, 11) is 0. The molecule has 5 nitrogen and oxygen atoms in total. The van der Waals surface area contributed by atoms with Crippen molar-refractivity contribution in [2.24, 2.45) is 5.92 Å². The highest BCUT2D eigenvalue weighted by molar-refractivity contribution is 6.06. The summed E-state index contributed by atoms with van der Waals surface area (Å²) < 4.78 is 5.78. The van der Waals surface area contributed by atoms with E-state index in [2.05, 4.69) is 24.5 Å². The first-order valence-electron chi connectivity index (χ1n) is 9.42. The molecule has 2 N–H and O–H groups in total. The molecule has 0 saturated carbocycles. The molecule has 5 heteroatoms. The van der Waals surface area contributed by atoms with Crippen LogP contribution in [0.2, 0.25) is 0 Å². The molecule has 0 aromatic heterocycles. The molecule has 2 rings (SSSR count). The Labute approximate surface area is 161 Å². The fourth-order valence-corrected chi connectivity index (χ4v) is 2.43. The van der Waals surface area contributed by atoms with Crippen LogP contribution in [0.5, 0.6) is 5.75 Å². The lowest BCUT2D eigenvalue weighted by Gasteiger charge is -2.13. The normalized spacial score (nSPS) is 10.5. The van der Waals surface area contributed by atoms with Crippen LogP contribution in [0, 0.1) is 5.92 Å². The summed E-state index contributed by atoms with van der Waals surface area (Å²) in [4.78, 5) is 24.6. The smallest absolute Gasteiger partial charge is 0.259 e. The van der Waals surface area contributed by atoms with Gasteiger partial charge in [0.15, 0.2) is 0 Å². The molecule has 27 heavy (non-hydrogen) atoms. The maximum absolute atomic E-state index is 12.6. The SMILES string of the molecule is CCCNC(=O)c1ccc(NC(=O)c2ccccc2OCCC(C)C)cc1. The zero-order chi connectivity index (χ0) is 19.6. The second-order valence-corrected chi connectivity index (χ2v) is 6.81. The molecule has 0 unspecified atom stereocenters. The van der Waals surface area contributed by atoms with E-state index >= 15 is 0 Å². The lowest BCUT2D eigenvalue weighted by Crippen LogP contribution is -2.23. The quantitative estimate of drug-likeness (QED) is 0.685. The third-order valence-corrected chi connectivity index (χ3v) is 4.02. The minimum Gasteiger partial charge on any atom is -0.493 e. The van der Waals surface area contributed by atoms with Crippen LogP contribution in [0.4, 0.5) is 5.69 Å². The highest BCUT2D eigenvalue weighted by Gasteiger charge is 2.13. The fraction of sp³-hybridized carbons (Fsp3) is 0.364. The van der Waals surface area contributed by atoms with E-state index in [4.69, 9.17) is 4.74 Å². The van der Waals surface area contributed by atoms with Crippen LogP contribution in [0.3, 0.4) is 0 Å². The van der Waals surface area contributed by atoms with Gasteiger partial charge in [-0.1, -0.05) is 32.9 Å². The minimum atomic E-state index is -0.238. The molecule has 0 atom stereocenters. The molecule has 0 bridgehead atoms. The molecule has 2 aromatic rings. The Hall–Kier alpha value is -2.82. The van der Waals surface area contributed by atoms with Gasteiger partial charge in [-0.15, -0.1) is 0 Å². The van der Waals surface area contributed by atoms with Gasteiger partial charge < -0.3 is 15.4 Å². The van der Waals surface area contributed by atoms with E-state index < -0.39 is 0 Å².